The number of nitrogens with two attached hydrogens (primary N) is 1. The summed E-state index contributed by atoms with van der Waals surface area (Å²) < 4.78 is 0. The van der Waals surface area contributed by atoms with Crippen LogP contribution in [0.25, 0.3) is 0 Å². The molecule has 6 nitrogen and oxygen atoms in total. The summed E-state index contributed by atoms with van der Waals surface area (Å²) in [5, 5.41) is 0. The third-order valence-electron chi connectivity index (χ3n) is 2.88. The van der Waals surface area contributed by atoms with Crippen LogP contribution in [0.4, 0.5) is 5.95 Å². The largest absolute Gasteiger partial charge is 0.344 e. The van der Waals surface area contributed by atoms with Crippen molar-refractivity contribution in [2.45, 2.75) is 13.0 Å². The van der Waals surface area contributed by atoms with Gasteiger partial charge in [0.05, 0.1) is 6.54 Å². The molecule has 17 heavy (non-hydrogen) atoms. The van der Waals surface area contributed by atoms with Gasteiger partial charge in [-0.05, 0) is 6.42 Å². The second-order valence-corrected chi connectivity index (χ2v) is 4.19. The van der Waals surface area contributed by atoms with Crippen molar-refractivity contribution >= 4 is 11.9 Å². The first-order chi connectivity index (χ1) is 8.20. The van der Waals surface area contributed by atoms with Crippen LogP contribution in [0.5, 0.6) is 0 Å². The van der Waals surface area contributed by atoms with Crippen molar-refractivity contribution in [2.24, 2.45) is 5.73 Å². The van der Waals surface area contributed by atoms with Gasteiger partial charge < -0.3 is 15.5 Å². The number of anilines is 1. The Morgan fingerprint density at radius 1 is 1.35 bits per heavy atom. The number of rotatable bonds is 2. The van der Waals surface area contributed by atoms with Crippen molar-refractivity contribution in [3.8, 4) is 0 Å². The van der Waals surface area contributed by atoms with Crippen LogP contribution >= 0.6 is 0 Å². The molecule has 92 valence electrons. The van der Waals surface area contributed by atoms with E-state index in [0.29, 0.717) is 19.0 Å². The second kappa shape index (κ2) is 5.09. The van der Waals surface area contributed by atoms with Gasteiger partial charge >= 0.3 is 0 Å². The summed E-state index contributed by atoms with van der Waals surface area (Å²) in [4.78, 5) is 23.9. The molecule has 2 N–H and O–H groups in total. The molecular formula is C11H17N5O. The molecule has 1 aromatic heterocycles. The van der Waals surface area contributed by atoms with E-state index in [9.17, 15) is 4.79 Å². The molecule has 1 aliphatic heterocycles. The third kappa shape index (κ3) is 2.71. The first kappa shape index (κ1) is 11.8. The molecule has 0 bridgehead atoms. The van der Waals surface area contributed by atoms with Gasteiger partial charge in [-0.3, -0.25) is 4.79 Å². The maximum Gasteiger partial charge on any atom is 0.241 e. The van der Waals surface area contributed by atoms with Gasteiger partial charge in [-0.2, -0.15) is 0 Å². The van der Waals surface area contributed by atoms with E-state index in [0.717, 1.165) is 25.1 Å². The Bertz CT molecular complexity index is 391. The van der Waals surface area contributed by atoms with Crippen LogP contribution in [-0.4, -0.2) is 47.5 Å². The lowest BCUT2D eigenvalue weighted by molar-refractivity contribution is -0.127. The first-order valence-corrected chi connectivity index (χ1v) is 5.70. The summed E-state index contributed by atoms with van der Waals surface area (Å²) in [6.45, 7) is 2.37. The lowest BCUT2D eigenvalue weighted by atomic mass is 10.3. The van der Waals surface area contributed by atoms with Crippen LogP contribution in [0.3, 0.4) is 0 Å². The molecule has 0 saturated carbocycles. The predicted octanol–water partition coefficient (Wildman–Crippen LogP) is -0.396. The highest BCUT2D eigenvalue weighted by molar-refractivity contribution is 5.81. The van der Waals surface area contributed by atoms with E-state index in [4.69, 9.17) is 5.73 Å². The Morgan fingerprint density at radius 2 is 2.06 bits per heavy atom. The van der Waals surface area contributed by atoms with E-state index >= 15 is 0 Å². The van der Waals surface area contributed by atoms with E-state index in [1.807, 2.05) is 11.9 Å². The van der Waals surface area contributed by atoms with Crippen molar-refractivity contribution in [2.75, 3.05) is 31.6 Å². The lowest BCUT2D eigenvalue weighted by Gasteiger charge is -2.19. The normalized spacial score (nSPS) is 17.2. The van der Waals surface area contributed by atoms with Crippen molar-refractivity contribution in [1.29, 1.82) is 0 Å². The van der Waals surface area contributed by atoms with Crippen LogP contribution in [0.2, 0.25) is 0 Å². The minimum absolute atomic E-state index is 0.106. The molecule has 1 amide bonds. The first-order valence-electron chi connectivity index (χ1n) is 5.70. The van der Waals surface area contributed by atoms with Crippen molar-refractivity contribution < 1.29 is 4.79 Å². The zero-order valence-corrected chi connectivity index (χ0v) is 9.96. The summed E-state index contributed by atoms with van der Waals surface area (Å²) in [5.74, 6) is 0.708. The highest BCUT2D eigenvalue weighted by Crippen LogP contribution is 2.11. The molecule has 2 rings (SSSR count). The highest BCUT2D eigenvalue weighted by atomic mass is 16.2. The molecule has 1 saturated heterocycles. The molecule has 0 aromatic carbocycles. The molecule has 0 spiro atoms. The molecule has 6 heteroatoms. The maximum absolute atomic E-state index is 11.7. The Labute approximate surface area is 100 Å². The van der Waals surface area contributed by atoms with Gasteiger partial charge in [-0.1, -0.05) is 0 Å². The molecule has 0 atom stereocenters. The molecule has 1 aromatic rings. The number of carbonyl (C=O) groups is 1. The summed E-state index contributed by atoms with van der Waals surface area (Å²) in [6.07, 6.45) is 4.35. The number of likely N-dealkylation sites (N-methyl/N-ethyl adjacent to an activating group) is 1. The average Bonchev–Trinajstić information content (AvgIpc) is 2.52. The molecule has 0 aliphatic carbocycles. The molecular weight excluding hydrogens is 218 g/mol. The monoisotopic (exact) mass is 235 g/mol. The van der Waals surface area contributed by atoms with Crippen LogP contribution in [0.1, 0.15) is 12.0 Å². The fourth-order valence-corrected chi connectivity index (χ4v) is 1.77. The molecule has 1 fully saturated rings. The lowest BCUT2D eigenvalue weighted by Crippen LogP contribution is -2.35. The van der Waals surface area contributed by atoms with E-state index in [1.54, 1.807) is 17.3 Å². The number of nitrogens with zero attached hydrogens (tertiary/aromatic N) is 4. The standard InChI is InChI=1S/C11H17N5O/c1-15-3-2-4-16(8-10(15)17)11-13-6-9(5-12)7-14-11/h6-7H,2-5,8,12H2,1H3. The Morgan fingerprint density at radius 3 is 2.71 bits per heavy atom. The van der Waals surface area contributed by atoms with Crippen LogP contribution in [0, 0.1) is 0 Å². The van der Waals surface area contributed by atoms with Gasteiger partial charge in [0.1, 0.15) is 0 Å². The van der Waals surface area contributed by atoms with Crippen LogP contribution < -0.4 is 10.6 Å². The van der Waals surface area contributed by atoms with Crippen LogP contribution in [-0.2, 0) is 11.3 Å². The van der Waals surface area contributed by atoms with E-state index in [2.05, 4.69) is 9.97 Å². The average molecular weight is 235 g/mol. The molecule has 2 heterocycles. The minimum Gasteiger partial charge on any atom is -0.344 e. The molecule has 0 radical (unpaired) electrons. The number of hydrogen-bond acceptors (Lipinski definition) is 5. The summed E-state index contributed by atoms with van der Waals surface area (Å²) >= 11 is 0. The quantitative estimate of drug-likeness (QED) is 0.755. The van der Waals surface area contributed by atoms with Crippen LogP contribution in [0.15, 0.2) is 12.4 Å². The van der Waals surface area contributed by atoms with E-state index < -0.39 is 0 Å². The molecule has 1 aliphatic rings. The van der Waals surface area contributed by atoms with Gasteiger partial charge in [0.15, 0.2) is 0 Å². The second-order valence-electron chi connectivity index (χ2n) is 4.19. The fourth-order valence-electron chi connectivity index (χ4n) is 1.77. The van der Waals surface area contributed by atoms with Gasteiger partial charge in [0.2, 0.25) is 11.9 Å². The number of amides is 1. The summed E-state index contributed by atoms with van der Waals surface area (Å²) in [7, 11) is 1.82. The SMILES string of the molecule is CN1CCCN(c2ncc(CN)cn2)CC1=O. The van der Waals surface area contributed by atoms with E-state index in [-0.39, 0.29) is 5.91 Å². The Balaban J connectivity index is 2.12. The van der Waals surface area contributed by atoms with E-state index in [1.165, 1.54) is 0 Å². The number of hydrogen-bond donors (Lipinski definition) is 1. The number of aromatic nitrogens is 2. The van der Waals surface area contributed by atoms with Crippen molar-refractivity contribution in [3.63, 3.8) is 0 Å². The van der Waals surface area contributed by atoms with Crippen molar-refractivity contribution in [3.05, 3.63) is 18.0 Å². The summed E-state index contributed by atoms with van der Waals surface area (Å²) in [5.41, 5.74) is 6.38. The maximum atomic E-state index is 11.7. The predicted molar refractivity (Wildman–Crippen MR) is 64.4 cm³/mol. The van der Waals surface area contributed by atoms with Gasteiger partial charge in [-0.25, -0.2) is 9.97 Å². The Hall–Kier alpha value is -1.69. The third-order valence-corrected chi connectivity index (χ3v) is 2.88. The Kier molecular flexibility index (Phi) is 3.53. The van der Waals surface area contributed by atoms with Crippen molar-refractivity contribution in [1.82, 2.24) is 14.9 Å². The van der Waals surface area contributed by atoms with Gasteiger partial charge in [0, 0.05) is 44.6 Å². The summed E-state index contributed by atoms with van der Waals surface area (Å²) in [6, 6.07) is 0. The minimum atomic E-state index is 0.106. The molecule has 0 unspecified atom stereocenters. The fraction of sp³-hybridized carbons (Fsp3) is 0.545. The zero-order valence-electron chi connectivity index (χ0n) is 9.96. The van der Waals surface area contributed by atoms with Gasteiger partial charge in [-0.15, -0.1) is 0 Å². The van der Waals surface area contributed by atoms with Gasteiger partial charge in [0.25, 0.3) is 0 Å². The number of carbonyl (C=O) groups excluding carboxylic acids is 1. The zero-order chi connectivity index (χ0) is 12.3. The topological polar surface area (TPSA) is 75.3 Å². The smallest absolute Gasteiger partial charge is 0.241 e. The highest BCUT2D eigenvalue weighted by Gasteiger charge is 2.20.